The first-order chi connectivity index (χ1) is 14.6. The molecule has 3 atom stereocenters. The maximum absolute atomic E-state index is 13.1. The number of hydrogen-bond acceptors (Lipinski definition) is 3. The van der Waals surface area contributed by atoms with Gasteiger partial charge in [0.05, 0.1) is 10.9 Å². The zero-order valence-electron chi connectivity index (χ0n) is 16.7. The Morgan fingerprint density at radius 3 is 2.70 bits per heavy atom. The molecule has 1 fully saturated rings. The maximum Gasteiger partial charge on any atom is 0.243 e. The van der Waals surface area contributed by atoms with Gasteiger partial charge in [0.2, 0.25) is 10.0 Å². The summed E-state index contributed by atoms with van der Waals surface area (Å²) in [5.41, 5.74) is 4.57. The molecule has 0 saturated carbocycles. The normalized spacial score (nSPS) is 25.9. The van der Waals surface area contributed by atoms with Gasteiger partial charge in [0, 0.05) is 41.8 Å². The van der Waals surface area contributed by atoms with Gasteiger partial charge >= 0.3 is 0 Å². The maximum atomic E-state index is 13.1. The first kappa shape index (κ1) is 18.2. The number of benzene rings is 2. The molecule has 3 aliphatic rings. The molecule has 0 radical (unpaired) electrons. The number of rotatable bonds is 3. The number of nitrogens with zero attached hydrogens (tertiary/aromatic N) is 1. The van der Waals surface area contributed by atoms with Crippen LogP contribution in [-0.4, -0.2) is 30.8 Å². The number of hydrogen-bond donors (Lipinski definition) is 2. The highest BCUT2D eigenvalue weighted by Gasteiger charge is 2.39. The fraction of sp³-hybridized carbons (Fsp3) is 0.333. The standard InChI is InChI=1S/C24H25N3O2S/c28-30(29,27-12-3-4-13-27)16-10-11-23-20(14-16)17-7-5-8-19(17)24(26-23)21-15-25-22-9-2-1-6-18(21)22/h1-2,5-7,9-11,14-15,17,19,24-26H,3-4,8,12-13H2. The van der Waals surface area contributed by atoms with Crippen molar-refractivity contribution in [2.45, 2.75) is 36.1 Å². The van der Waals surface area contributed by atoms with Crippen LogP contribution < -0.4 is 5.32 Å². The summed E-state index contributed by atoms with van der Waals surface area (Å²) in [4.78, 5) is 3.83. The van der Waals surface area contributed by atoms with Gasteiger partial charge in [0.1, 0.15) is 0 Å². The van der Waals surface area contributed by atoms with Crippen molar-refractivity contribution in [1.82, 2.24) is 9.29 Å². The first-order valence-corrected chi connectivity index (χ1v) is 12.2. The van der Waals surface area contributed by atoms with E-state index < -0.39 is 10.0 Å². The van der Waals surface area contributed by atoms with Crippen LogP contribution in [0.2, 0.25) is 0 Å². The molecule has 30 heavy (non-hydrogen) atoms. The van der Waals surface area contributed by atoms with Crippen LogP contribution in [-0.2, 0) is 10.0 Å². The summed E-state index contributed by atoms with van der Waals surface area (Å²) in [7, 11) is -3.41. The molecule has 2 aromatic carbocycles. The molecule has 1 aromatic heterocycles. The van der Waals surface area contributed by atoms with Gasteiger partial charge in [-0.2, -0.15) is 4.31 Å². The Labute approximate surface area is 176 Å². The van der Waals surface area contributed by atoms with E-state index in [0.717, 1.165) is 36.0 Å². The van der Waals surface area contributed by atoms with E-state index in [1.165, 1.54) is 10.9 Å². The summed E-state index contributed by atoms with van der Waals surface area (Å²) < 4.78 is 27.8. The van der Waals surface area contributed by atoms with E-state index in [1.54, 1.807) is 10.4 Å². The van der Waals surface area contributed by atoms with Crippen LogP contribution in [0.15, 0.2) is 65.7 Å². The summed E-state index contributed by atoms with van der Waals surface area (Å²) in [6.45, 7) is 1.26. The molecule has 2 N–H and O–H groups in total. The molecule has 2 aliphatic heterocycles. The zero-order chi connectivity index (χ0) is 20.3. The summed E-state index contributed by atoms with van der Waals surface area (Å²) in [5.74, 6) is 0.607. The molecule has 3 aromatic rings. The van der Waals surface area contributed by atoms with Crippen molar-refractivity contribution in [3.63, 3.8) is 0 Å². The Morgan fingerprint density at radius 1 is 1.00 bits per heavy atom. The van der Waals surface area contributed by atoms with Gasteiger partial charge in [-0.05, 0) is 60.6 Å². The van der Waals surface area contributed by atoms with E-state index in [4.69, 9.17) is 0 Å². The lowest BCUT2D eigenvalue weighted by molar-refractivity contribution is 0.426. The smallest absolute Gasteiger partial charge is 0.243 e. The molecule has 0 amide bonds. The lowest BCUT2D eigenvalue weighted by Gasteiger charge is -2.37. The van der Waals surface area contributed by atoms with E-state index in [-0.39, 0.29) is 12.0 Å². The van der Waals surface area contributed by atoms with E-state index >= 15 is 0 Å². The molecule has 0 bridgehead atoms. The molecular weight excluding hydrogens is 394 g/mol. The fourth-order valence-electron chi connectivity index (χ4n) is 5.47. The Bertz CT molecular complexity index is 1250. The van der Waals surface area contributed by atoms with Crippen molar-refractivity contribution in [3.05, 3.63) is 71.9 Å². The second-order valence-electron chi connectivity index (χ2n) is 8.63. The lowest BCUT2D eigenvalue weighted by atomic mass is 9.77. The molecular formula is C24H25N3O2S. The number of para-hydroxylation sites is 1. The van der Waals surface area contributed by atoms with Crippen molar-refractivity contribution in [2.75, 3.05) is 18.4 Å². The number of sulfonamides is 1. The van der Waals surface area contributed by atoms with Crippen LogP contribution in [0.25, 0.3) is 10.9 Å². The molecule has 6 heteroatoms. The minimum atomic E-state index is -3.41. The van der Waals surface area contributed by atoms with Gasteiger partial charge < -0.3 is 10.3 Å². The third kappa shape index (κ3) is 2.67. The third-order valence-corrected chi connectivity index (χ3v) is 8.89. The molecule has 1 aliphatic carbocycles. The van der Waals surface area contributed by atoms with Crippen LogP contribution in [0.5, 0.6) is 0 Å². The highest BCUT2D eigenvalue weighted by molar-refractivity contribution is 7.89. The highest BCUT2D eigenvalue weighted by atomic mass is 32.2. The number of aromatic nitrogens is 1. The predicted molar refractivity (Wildman–Crippen MR) is 119 cm³/mol. The number of fused-ring (bicyclic) bond motifs is 4. The number of nitrogens with one attached hydrogen (secondary N) is 2. The summed E-state index contributed by atoms with van der Waals surface area (Å²) >= 11 is 0. The van der Waals surface area contributed by atoms with Gasteiger partial charge in [0.15, 0.2) is 0 Å². The molecule has 1 saturated heterocycles. The zero-order valence-corrected chi connectivity index (χ0v) is 17.5. The van der Waals surface area contributed by atoms with Crippen LogP contribution >= 0.6 is 0 Å². The van der Waals surface area contributed by atoms with Crippen molar-refractivity contribution < 1.29 is 8.42 Å². The van der Waals surface area contributed by atoms with Crippen molar-refractivity contribution in [3.8, 4) is 0 Å². The number of allylic oxidation sites excluding steroid dienone is 2. The average Bonchev–Trinajstić information content (AvgIpc) is 3.53. The monoisotopic (exact) mass is 419 g/mol. The topological polar surface area (TPSA) is 65.2 Å². The van der Waals surface area contributed by atoms with Crippen LogP contribution in [0.4, 0.5) is 5.69 Å². The number of aromatic amines is 1. The third-order valence-electron chi connectivity index (χ3n) is 6.99. The predicted octanol–water partition coefficient (Wildman–Crippen LogP) is 4.78. The van der Waals surface area contributed by atoms with Crippen molar-refractivity contribution in [1.29, 1.82) is 0 Å². The van der Waals surface area contributed by atoms with E-state index in [2.05, 4.69) is 52.9 Å². The van der Waals surface area contributed by atoms with E-state index in [9.17, 15) is 8.42 Å². The quantitative estimate of drug-likeness (QED) is 0.601. The summed E-state index contributed by atoms with van der Waals surface area (Å²) in [6, 6.07) is 14.2. The number of H-pyrrole nitrogens is 1. The Hall–Kier alpha value is -2.57. The van der Waals surface area contributed by atoms with Gasteiger partial charge in [0.25, 0.3) is 0 Å². The highest BCUT2D eigenvalue weighted by Crippen LogP contribution is 2.51. The second kappa shape index (κ2) is 6.72. The summed E-state index contributed by atoms with van der Waals surface area (Å²) in [6.07, 6.45) is 9.52. The molecule has 0 spiro atoms. The van der Waals surface area contributed by atoms with Gasteiger partial charge in [-0.25, -0.2) is 8.42 Å². The minimum Gasteiger partial charge on any atom is -0.378 e. The second-order valence-corrected chi connectivity index (χ2v) is 10.6. The van der Waals surface area contributed by atoms with E-state index in [1.807, 2.05) is 12.1 Å². The number of anilines is 1. The minimum absolute atomic E-state index is 0.190. The van der Waals surface area contributed by atoms with Crippen LogP contribution in [0, 0.1) is 5.92 Å². The molecule has 5 nitrogen and oxygen atoms in total. The van der Waals surface area contributed by atoms with Gasteiger partial charge in [-0.15, -0.1) is 0 Å². The SMILES string of the molecule is O=S(=O)(c1ccc2c(c1)C1C=CCC1C(c1c[nH]c3ccccc13)N2)N1CCCC1. The average molecular weight is 420 g/mol. The van der Waals surface area contributed by atoms with Gasteiger partial charge in [-0.3, -0.25) is 0 Å². The van der Waals surface area contributed by atoms with Crippen molar-refractivity contribution in [2.24, 2.45) is 5.92 Å². The lowest BCUT2D eigenvalue weighted by Crippen LogP contribution is -2.30. The molecule has 3 unspecified atom stereocenters. The fourth-order valence-corrected chi connectivity index (χ4v) is 7.02. The Balaban J connectivity index is 1.42. The molecule has 6 rings (SSSR count). The van der Waals surface area contributed by atoms with Crippen LogP contribution in [0.1, 0.15) is 42.3 Å². The largest absolute Gasteiger partial charge is 0.378 e. The van der Waals surface area contributed by atoms with Crippen LogP contribution in [0.3, 0.4) is 0 Å². The molecule has 154 valence electrons. The first-order valence-electron chi connectivity index (χ1n) is 10.8. The Kier molecular flexibility index (Phi) is 4.08. The molecule has 3 heterocycles. The van der Waals surface area contributed by atoms with E-state index in [0.29, 0.717) is 23.9 Å². The van der Waals surface area contributed by atoms with Crippen molar-refractivity contribution >= 4 is 26.6 Å². The summed E-state index contributed by atoms with van der Waals surface area (Å²) in [5, 5.41) is 4.99. The van der Waals surface area contributed by atoms with Gasteiger partial charge in [-0.1, -0.05) is 30.4 Å². The Morgan fingerprint density at radius 2 is 1.83 bits per heavy atom.